The van der Waals surface area contributed by atoms with Crippen LogP contribution in [0, 0.1) is 6.92 Å². The summed E-state index contributed by atoms with van der Waals surface area (Å²) in [5, 5.41) is 23.6. The van der Waals surface area contributed by atoms with Crippen molar-refractivity contribution >= 4 is 34.3 Å². The van der Waals surface area contributed by atoms with Crippen molar-refractivity contribution in [3.05, 3.63) is 16.0 Å². The first-order chi connectivity index (χ1) is 13.4. The topological polar surface area (TPSA) is 116 Å². The first kappa shape index (κ1) is 23.9. The van der Waals surface area contributed by atoms with Crippen molar-refractivity contribution in [1.29, 1.82) is 0 Å². The van der Waals surface area contributed by atoms with E-state index in [9.17, 15) is 19.5 Å². The summed E-state index contributed by atoms with van der Waals surface area (Å²) in [7, 11) is 0. The zero-order valence-corrected chi connectivity index (χ0v) is 17.6. The third-order valence-corrected chi connectivity index (χ3v) is 5.79. The molecule has 0 aliphatic rings. The van der Waals surface area contributed by atoms with E-state index >= 15 is 0 Å². The minimum atomic E-state index is -1.26. The number of unbranched alkanes of at least 4 members (excludes halogenated alkanes) is 9. The van der Waals surface area contributed by atoms with E-state index in [4.69, 9.17) is 5.11 Å². The summed E-state index contributed by atoms with van der Waals surface area (Å²) in [4.78, 5) is 34.4. The molecule has 0 saturated carbocycles. The number of aromatic carboxylic acids is 2. The number of urea groups is 1. The summed E-state index contributed by atoms with van der Waals surface area (Å²) in [6.45, 7) is 4.14. The van der Waals surface area contributed by atoms with Crippen molar-refractivity contribution in [1.82, 2.24) is 5.32 Å². The van der Waals surface area contributed by atoms with Crippen molar-refractivity contribution in [3.63, 3.8) is 0 Å². The van der Waals surface area contributed by atoms with E-state index in [0.717, 1.165) is 30.6 Å². The summed E-state index contributed by atoms with van der Waals surface area (Å²) in [5.74, 6) is -2.46. The number of hydrogen-bond donors (Lipinski definition) is 4. The predicted molar refractivity (Wildman–Crippen MR) is 112 cm³/mol. The van der Waals surface area contributed by atoms with Crippen molar-refractivity contribution in [3.8, 4) is 0 Å². The highest BCUT2D eigenvalue weighted by Crippen LogP contribution is 2.33. The average Bonchev–Trinajstić information content (AvgIpc) is 2.96. The van der Waals surface area contributed by atoms with E-state index in [1.807, 2.05) is 0 Å². The molecule has 1 aromatic heterocycles. The number of carboxylic acids is 2. The molecule has 0 radical (unpaired) electrons. The Labute approximate surface area is 170 Å². The zero-order chi connectivity index (χ0) is 20.9. The van der Waals surface area contributed by atoms with Crippen LogP contribution in [0.3, 0.4) is 0 Å². The van der Waals surface area contributed by atoms with Gasteiger partial charge in [-0.25, -0.2) is 14.4 Å². The molecule has 0 saturated heterocycles. The molecule has 28 heavy (non-hydrogen) atoms. The van der Waals surface area contributed by atoms with E-state index in [2.05, 4.69) is 17.6 Å². The predicted octanol–water partition coefficient (Wildman–Crippen LogP) is 5.50. The first-order valence-corrected chi connectivity index (χ1v) is 10.8. The highest BCUT2D eigenvalue weighted by atomic mass is 32.1. The Morgan fingerprint density at radius 3 is 1.89 bits per heavy atom. The van der Waals surface area contributed by atoms with E-state index < -0.39 is 18.0 Å². The molecule has 0 unspecified atom stereocenters. The fourth-order valence-electron chi connectivity index (χ4n) is 3.02. The molecule has 0 spiro atoms. The lowest BCUT2D eigenvalue weighted by atomic mass is 10.1. The van der Waals surface area contributed by atoms with Gasteiger partial charge >= 0.3 is 18.0 Å². The molecule has 0 fully saturated rings. The minimum absolute atomic E-state index is 0.0444. The van der Waals surface area contributed by atoms with Crippen molar-refractivity contribution in [2.75, 3.05) is 11.9 Å². The first-order valence-electron chi connectivity index (χ1n) is 10.0. The quantitative estimate of drug-likeness (QED) is 0.301. The Balaban J connectivity index is 2.26. The SMILES string of the molecule is CCCCCCCCCCCCNC(=O)Nc1sc(C(=O)O)c(C)c1C(=O)O. The molecular weight excluding hydrogens is 380 g/mol. The van der Waals surface area contributed by atoms with Gasteiger partial charge < -0.3 is 15.5 Å². The normalized spacial score (nSPS) is 10.6. The monoisotopic (exact) mass is 412 g/mol. The van der Waals surface area contributed by atoms with Crippen LogP contribution in [0.4, 0.5) is 9.80 Å². The molecule has 0 aliphatic heterocycles. The number of carbonyl (C=O) groups is 3. The highest BCUT2D eigenvalue weighted by molar-refractivity contribution is 7.18. The molecule has 1 rings (SSSR count). The smallest absolute Gasteiger partial charge is 0.346 e. The molecule has 0 bridgehead atoms. The maximum Gasteiger partial charge on any atom is 0.346 e. The summed E-state index contributed by atoms with van der Waals surface area (Å²) >= 11 is 0.758. The largest absolute Gasteiger partial charge is 0.478 e. The van der Waals surface area contributed by atoms with Gasteiger partial charge in [-0.15, -0.1) is 11.3 Å². The summed E-state index contributed by atoms with van der Waals surface area (Å²) in [6.07, 6.45) is 12.1. The number of rotatable bonds is 14. The summed E-state index contributed by atoms with van der Waals surface area (Å²) in [6, 6.07) is -0.517. The number of anilines is 1. The van der Waals surface area contributed by atoms with Gasteiger partial charge in [0.25, 0.3) is 0 Å². The molecule has 0 aromatic carbocycles. The number of thiophene rings is 1. The van der Waals surface area contributed by atoms with Gasteiger partial charge in [-0.05, 0) is 18.9 Å². The number of carbonyl (C=O) groups excluding carboxylic acids is 1. The second-order valence-corrected chi connectivity index (χ2v) is 7.95. The van der Waals surface area contributed by atoms with Gasteiger partial charge in [-0.1, -0.05) is 64.7 Å². The maximum absolute atomic E-state index is 12.0. The molecule has 2 amide bonds. The number of amides is 2. The lowest BCUT2D eigenvalue weighted by molar-refractivity contribution is 0.0696. The molecule has 0 aliphatic carbocycles. The Morgan fingerprint density at radius 1 is 0.857 bits per heavy atom. The van der Waals surface area contributed by atoms with Crippen LogP contribution < -0.4 is 10.6 Å². The van der Waals surface area contributed by atoms with Crippen LogP contribution >= 0.6 is 11.3 Å². The fraction of sp³-hybridized carbons (Fsp3) is 0.650. The highest BCUT2D eigenvalue weighted by Gasteiger charge is 2.25. The lowest BCUT2D eigenvalue weighted by Gasteiger charge is -2.07. The van der Waals surface area contributed by atoms with E-state index in [1.54, 1.807) is 0 Å². The van der Waals surface area contributed by atoms with E-state index in [0.29, 0.717) is 6.54 Å². The second kappa shape index (κ2) is 13.1. The van der Waals surface area contributed by atoms with Crippen LogP contribution in [-0.4, -0.2) is 34.7 Å². The van der Waals surface area contributed by atoms with E-state index in [1.165, 1.54) is 51.9 Å². The van der Waals surface area contributed by atoms with Crippen LogP contribution in [0.5, 0.6) is 0 Å². The van der Waals surface area contributed by atoms with Crippen LogP contribution in [0.25, 0.3) is 0 Å². The van der Waals surface area contributed by atoms with Crippen LogP contribution in [0.15, 0.2) is 0 Å². The zero-order valence-electron chi connectivity index (χ0n) is 16.8. The van der Waals surface area contributed by atoms with Gasteiger partial charge in [0.1, 0.15) is 9.88 Å². The van der Waals surface area contributed by atoms with Gasteiger partial charge in [0.15, 0.2) is 0 Å². The van der Waals surface area contributed by atoms with Gasteiger partial charge in [-0.3, -0.25) is 5.32 Å². The molecule has 1 heterocycles. The Kier molecular flexibility index (Phi) is 11.2. The van der Waals surface area contributed by atoms with E-state index in [-0.39, 0.29) is 21.0 Å². The van der Waals surface area contributed by atoms with Crippen LogP contribution in [-0.2, 0) is 0 Å². The third-order valence-electron chi connectivity index (χ3n) is 4.60. The Hall–Kier alpha value is -2.09. The average molecular weight is 413 g/mol. The molecule has 0 atom stereocenters. The third kappa shape index (κ3) is 8.29. The van der Waals surface area contributed by atoms with Gasteiger partial charge in [0.05, 0.1) is 5.56 Å². The molecule has 1 aromatic rings. The van der Waals surface area contributed by atoms with Crippen molar-refractivity contribution in [2.24, 2.45) is 0 Å². The number of carboxylic acid groups (broad SMARTS) is 2. The standard InChI is InChI=1S/C20H32N2O5S/c1-3-4-5-6-7-8-9-10-11-12-13-21-20(27)22-17-15(18(23)24)14(2)16(28-17)19(25)26/h3-13H2,1-2H3,(H,23,24)(H,25,26)(H2,21,22,27). The Bertz CT molecular complexity index is 657. The number of hydrogen-bond acceptors (Lipinski definition) is 4. The van der Waals surface area contributed by atoms with Crippen LogP contribution in [0.2, 0.25) is 0 Å². The molecule has 158 valence electrons. The van der Waals surface area contributed by atoms with Gasteiger partial charge in [0, 0.05) is 6.54 Å². The molecular formula is C20H32N2O5S. The number of nitrogens with one attached hydrogen (secondary N) is 2. The maximum atomic E-state index is 12.0. The Morgan fingerprint density at radius 2 is 1.39 bits per heavy atom. The van der Waals surface area contributed by atoms with Crippen LogP contribution in [0.1, 0.15) is 96.7 Å². The molecule has 4 N–H and O–H groups in total. The molecule has 8 heteroatoms. The summed E-state index contributed by atoms with van der Waals surface area (Å²) in [5.41, 5.74) is -0.0218. The van der Waals surface area contributed by atoms with Crippen molar-refractivity contribution in [2.45, 2.75) is 78.1 Å². The fourth-order valence-corrected chi connectivity index (χ4v) is 4.06. The van der Waals surface area contributed by atoms with Gasteiger partial charge in [-0.2, -0.15) is 0 Å². The lowest BCUT2D eigenvalue weighted by Crippen LogP contribution is -2.29. The minimum Gasteiger partial charge on any atom is -0.478 e. The summed E-state index contributed by atoms with van der Waals surface area (Å²) < 4.78 is 0. The van der Waals surface area contributed by atoms with Gasteiger partial charge in [0.2, 0.25) is 0 Å². The second-order valence-electron chi connectivity index (χ2n) is 6.93. The molecule has 7 nitrogen and oxygen atoms in total. The van der Waals surface area contributed by atoms with Crippen molar-refractivity contribution < 1.29 is 24.6 Å².